The van der Waals surface area contributed by atoms with Gasteiger partial charge >= 0.3 is 6.03 Å². The zero-order valence-electron chi connectivity index (χ0n) is 20.6. The maximum atomic E-state index is 13.4. The van der Waals surface area contributed by atoms with Gasteiger partial charge in [-0.1, -0.05) is 63.2 Å². The summed E-state index contributed by atoms with van der Waals surface area (Å²) in [5.74, 6) is 0.371. The number of benzene rings is 2. The number of carbonyl (C=O) groups excluding carboxylic acids is 2. The molecule has 34 heavy (non-hydrogen) atoms. The Bertz CT molecular complexity index is 1060. The molecule has 5 nitrogen and oxygen atoms in total. The number of nitrogens with zero attached hydrogens (tertiary/aromatic N) is 2. The van der Waals surface area contributed by atoms with Gasteiger partial charge in [-0.15, -0.1) is 11.3 Å². The Labute approximate surface area is 207 Å². The van der Waals surface area contributed by atoms with Crippen LogP contribution in [0.15, 0.2) is 66.7 Å². The minimum Gasteiger partial charge on any atom is -0.332 e. The third-order valence-corrected chi connectivity index (χ3v) is 6.63. The van der Waals surface area contributed by atoms with E-state index in [-0.39, 0.29) is 18.5 Å². The first-order chi connectivity index (χ1) is 16.4. The smallest absolute Gasteiger partial charge is 0.322 e. The fraction of sp³-hybridized carbons (Fsp3) is 0.357. The Morgan fingerprint density at radius 2 is 1.62 bits per heavy atom. The first-order valence-corrected chi connectivity index (χ1v) is 12.7. The van der Waals surface area contributed by atoms with Crippen LogP contribution in [0, 0.1) is 6.92 Å². The Hall–Kier alpha value is -3.12. The SMILES string of the molecule is CCCN(CC(=O)N(Cc1ccccc1)Cc1ccc(C)s1)C(=O)Nc1ccc(C(C)C)cc1. The topological polar surface area (TPSA) is 52.7 Å². The summed E-state index contributed by atoms with van der Waals surface area (Å²) in [6, 6.07) is 21.8. The molecule has 0 spiro atoms. The van der Waals surface area contributed by atoms with E-state index in [9.17, 15) is 9.59 Å². The summed E-state index contributed by atoms with van der Waals surface area (Å²) in [6.07, 6.45) is 0.774. The van der Waals surface area contributed by atoms with Crippen LogP contribution >= 0.6 is 11.3 Å². The van der Waals surface area contributed by atoms with Crippen LogP contribution in [-0.2, 0) is 17.9 Å². The molecule has 0 aliphatic carbocycles. The molecule has 3 amide bonds. The summed E-state index contributed by atoms with van der Waals surface area (Å²) in [5, 5.41) is 2.96. The largest absolute Gasteiger partial charge is 0.332 e. The average Bonchev–Trinajstić information content (AvgIpc) is 3.23. The van der Waals surface area contributed by atoms with Crippen LogP contribution in [0.25, 0.3) is 0 Å². The summed E-state index contributed by atoms with van der Waals surface area (Å²) in [6.45, 7) is 9.96. The molecule has 1 heterocycles. The van der Waals surface area contributed by atoms with E-state index < -0.39 is 0 Å². The Kier molecular flexibility index (Phi) is 9.28. The number of nitrogens with one attached hydrogen (secondary N) is 1. The van der Waals surface area contributed by atoms with E-state index in [0.29, 0.717) is 25.6 Å². The van der Waals surface area contributed by atoms with E-state index in [1.54, 1.807) is 16.2 Å². The van der Waals surface area contributed by atoms with Crippen molar-refractivity contribution in [1.82, 2.24) is 9.80 Å². The van der Waals surface area contributed by atoms with Gasteiger partial charge < -0.3 is 15.1 Å². The molecule has 6 heteroatoms. The molecule has 0 unspecified atom stereocenters. The summed E-state index contributed by atoms with van der Waals surface area (Å²) < 4.78 is 0. The van der Waals surface area contributed by atoms with E-state index in [1.807, 2.05) is 66.4 Å². The number of aryl methyl sites for hydroxylation is 1. The van der Waals surface area contributed by atoms with Gasteiger partial charge in [-0.3, -0.25) is 4.79 Å². The third kappa shape index (κ3) is 7.45. The maximum absolute atomic E-state index is 13.4. The average molecular weight is 478 g/mol. The van der Waals surface area contributed by atoms with Crippen LogP contribution in [0.5, 0.6) is 0 Å². The van der Waals surface area contributed by atoms with Crippen molar-refractivity contribution in [2.75, 3.05) is 18.4 Å². The predicted molar refractivity (Wildman–Crippen MR) is 141 cm³/mol. The normalized spacial score (nSPS) is 10.9. The van der Waals surface area contributed by atoms with Gasteiger partial charge in [-0.05, 0) is 54.7 Å². The highest BCUT2D eigenvalue weighted by atomic mass is 32.1. The maximum Gasteiger partial charge on any atom is 0.322 e. The molecule has 0 fully saturated rings. The molecule has 0 saturated carbocycles. The fourth-order valence-corrected chi connectivity index (χ4v) is 4.64. The molecule has 1 N–H and O–H groups in total. The highest BCUT2D eigenvalue weighted by molar-refractivity contribution is 7.11. The lowest BCUT2D eigenvalue weighted by atomic mass is 10.0. The molecule has 0 aliphatic heterocycles. The number of rotatable bonds is 10. The first-order valence-electron chi connectivity index (χ1n) is 11.9. The van der Waals surface area contributed by atoms with Gasteiger partial charge in [-0.2, -0.15) is 0 Å². The van der Waals surface area contributed by atoms with Gasteiger partial charge in [0, 0.05) is 28.5 Å². The Morgan fingerprint density at radius 3 is 2.21 bits per heavy atom. The molecule has 0 radical (unpaired) electrons. The Morgan fingerprint density at radius 1 is 0.912 bits per heavy atom. The fourth-order valence-electron chi connectivity index (χ4n) is 3.73. The number of hydrogen-bond donors (Lipinski definition) is 1. The molecule has 0 atom stereocenters. The van der Waals surface area contributed by atoms with Crippen molar-refractivity contribution in [3.8, 4) is 0 Å². The van der Waals surface area contributed by atoms with Crippen molar-refractivity contribution in [1.29, 1.82) is 0 Å². The highest BCUT2D eigenvalue weighted by Gasteiger charge is 2.22. The molecule has 3 rings (SSSR count). The van der Waals surface area contributed by atoms with Crippen molar-refractivity contribution in [3.63, 3.8) is 0 Å². The number of carbonyl (C=O) groups is 2. The minimum atomic E-state index is -0.251. The summed E-state index contributed by atoms with van der Waals surface area (Å²) in [5.41, 5.74) is 3.03. The zero-order valence-corrected chi connectivity index (χ0v) is 21.4. The summed E-state index contributed by atoms with van der Waals surface area (Å²) in [7, 11) is 0. The van der Waals surface area contributed by atoms with E-state index in [4.69, 9.17) is 0 Å². The molecule has 2 aromatic carbocycles. The lowest BCUT2D eigenvalue weighted by Gasteiger charge is -2.27. The summed E-state index contributed by atoms with van der Waals surface area (Å²) in [4.78, 5) is 32.3. The molecule has 3 aromatic rings. The van der Waals surface area contributed by atoms with Gasteiger partial charge in [0.1, 0.15) is 6.54 Å². The van der Waals surface area contributed by atoms with E-state index in [1.165, 1.54) is 10.4 Å². The second-order valence-corrected chi connectivity index (χ2v) is 10.2. The van der Waals surface area contributed by atoms with Gasteiger partial charge in [0.15, 0.2) is 0 Å². The van der Waals surface area contributed by atoms with Crippen LogP contribution in [0.2, 0.25) is 0 Å². The lowest BCUT2D eigenvalue weighted by Crippen LogP contribution is -2.44. The van der Waals surface area contributed by atoms with Crippen LogP contribution in [-0.4, -0.2) is 34.8 Å². The molecule has 0 aliphatic rings. The number of thiophene rings is 1. The minimum absolute atomic E-state index is 0.0426. The van der Waals surface area contributed by atoms with Crippen LogP contribution in [0.4, 0.5) is 10.5 Å². The standard InChI is InChI=1S/C28H35N3O2S/c1-5-17-30(28(33)29-25-14-12-24(13-15-25)21(2)3)20-27(32)31(18-23-9-7-6-8-10-23)19-26-16-11-22(4)34-26/h6-16,21H,5,17-20H2,1-4H3,(H,29,33). The van der Waals surface area contributed by atoms with Crippen LogP contribution in [0.3, 0.4) is 0 Å². The number of anilines is 1. The highest BCUT2D eigenvalue weighted by Crippen LogP contribution is 2.20. The lowest BCUT2D eigenvalue weighted by molar-refractivity contribution is -0.133. The molecule has 0 bridgehead atoms. The van der Waals surface area contributed by atoms with Gasteiger partial charge in [-0.25, -0.2) is 4.79 Å². The van der Waals surface area contributed by atoms with Crippen molar-refractivity contribution >= 4 is 29.0 Å². The van der Waals surface area contributed by atoms with Crippen molar-refractivity contribution in [2.24, 2.45) is 0 Å². The van der Waals surface area contributed by atoms with Gasteiger partial charge in [0.2, 0.25) is 5.91 Å². The Balaban J connectivity index is 1.71. The number of amides is 3. The van der Waals surface area contributed by atoms with E-state index in [2.05, 4.69) is 38.2 Å². The van der Waals surface area contributed by atoms with Crippen LogP contribution in [0.1, 0.15) is 54.0 Å². The van der Waals surface area contributed by atoms with Crippen LogP contribution < -0.4 is 5.32 Å². The quantitative estimate of drug-likeness (QED) is 0.355. The number of hydrogen-bond acceptors (Lipinski definition) is 3. The van der Waals surface area contributed by atoms with Crippen molar-refractivity contribution < 1.29 is 9.59 Å². The van der Waals surface area contributed by atoms with E-state index >= 15 is 0 Å². The second-order valence-electron chi connectivity index (χ2n) is 8.88. The monoisotopic (exact) mass is 477 g/mol. The molecular weight excluding hydrogens is 442 g/mol. The zero-order chi connectivity index (χ0) is 24.5. The molecule has 180 valence electrons. The predicted octanol–water partition coefficient (Wildman–Crippen LogP) is 6.65. The molecule has 0 saturated heterocycles. The first kappa shape index (κ1) is 25.5. The third-order valence-electron chi connectivity index (χ3n) is 5.65. The second kappa shape index (κ2) is 12.4. The van der Waals surface area contributed by atoms with E-state index in [0.717, 1.165) is 22.5 Å². The van der Waals surface area contributed by atoms with Gasteiger partial charge in [0.05, 0.1) is 6.54 Å². The van der Waals surface area contributed by atoms with Crippen molar-refractivity contribution in [3.05, 3.63) is 87.6 Å². The van der Waals surface area contributed by atoms with Gasteiger partial charge in [0.25, 0.3) is 0 Å². The van der Waals surface area contributed by atoms with Crippen molar-refractivity contribution in [2.45, 2.75) is 53.1 Å². The molecular formula is C28H35N3O2S. The number of urea groups is 1. The summed E-state index contributed by atoms with van der Waals surface area (Å²) >= 11 is 1.70. The molecule has 1 aromatic heterocycles.